The third kappa shape index (κ3) is 2.57. The molecule has 0 N–H and O–H groups in total. The normalized spacial score (nSPS) is 19.5. The van der Waals surface area contributed by atoms with Crippen LogP contribution < -0.4 is 9.64 Å². The number of ether oxygens (including phenoxy) is 1. The van der Waals surface area contributed by atoms with Gasteiger partial charge in [-0.25, -0.2) is 0 Å². The Bertz CT molecular complexity index is 801. The van der Waals surface area contributed by atoms with Crippen LogP contribution in [-0.2, 0) is 22.6 Å². The summed E-state index contributed by atoms with van der Waals surface area (Å²) >= 11 is 1.75. The van der Waals surface area contributed by atoms with Crippen LogP contribution >= 0.6 is 11.3 Å². The number of carbonyl (C=O) groups is 2. The van der Waals surface area contributed by atoms with Gasteiger partial charge >= 0.3 is 0 Å². The second kappa shape index (κ2) is 5.94. The zero-order valence-corrected chi connectivity index (χ0v) is 14.2. The average molecular weight is 342 g/mol. The first-order chi connectivity index (χ1) is 11.6. The average Bonchev–Trinajstić information content (AvgIpc) is 3.06. The number of carbonyl (C=O) groups excluding carboxylic acids is 2. The fraction of sp³-hybridized carbons (Fsp3) is 0.333. The van der Waals surface area contributed by atoms with Crippen molar-refractivity contribution >= 4 is 28.8 Å². The molecule has 2 aromatic rings. The van der Waals surface area contributed by atoms with Crippen molar-refractivity contribution in [3.05, 3.63) is 46.2 Å². The van der Waals surface area contributed by atoms with Crippen molar-refractivity contribution in [2.24, 2.45) is 0 Å². The molecule has 0 unspecified atom stereocenters. The summed E-state index contributed by atoms with van der Waals surface area (Å²) in [5.41, 5.74) is 1.89. The lowest BCUT2D eigenvalue weighted by Crippen LogP contribution is -2.50. The number of nitrogens with zero attached hydrogens (tertiary/aromatic N) is 2. The molecule has 1 aromatic heterocycles. The van der Waals surface area contributed by atoms with Crippen LogP contribution in [0.15, 0.2) is 35.7 Å². The van der Waals surface area contributed by atoms with Gasteiger partial charge in [0.05, 0.1) is 5.69 Å². The van der Waals surface area contributed by atoms with Gasteiger partial charge in [-0.1, -0.05) is 12.1 Å². The molecule has 0 saturated heterocycles. The van der Waals surface area contributed by atoms with Crippen LogP contribution in [0.4, 0.5) is 5.69 Å². The van der Waals surface area contributed by atoms with Crippen molar-refractivity contribution < 1.29 is 14.3 Å². The van der Waals surface area contributed by atoms with Gasteiger partial charge in [-0.05, 0) is 42.5 Å². The lowest BCUT2D eigenvalue weighted by Gasteiger charge is -2.34. The molecule has 1 atom stereocenters. The molecule has 0 radical (unpaired) electrons. The topological polar surface area (TPSA) is 49.9 Å². The zero-order valence-electron chi connectivity index (χ0n) is 13.4. The van der Waals surface area contributed by atoms with Crippen molar-refractivity contribution in [2.45, 2.75) is 26.0 Å². The molecule has 2 aliphatic heterocycles. The summed E-state index contributed by atoms with van der Waals surface area (Å²) in [5, 5.41) is 2.07. The highest BCUT2D eigenvalue weighted by Crippen LogP contribution is 2.33. The number of benzene rings is 1. The second-order valence-electron chi connectivity index (χ2n) is 6.09. The van der Waals surface area contributed by atoms with E-state index >= 15 is 0 Å². The molecule has 6 heteroatoms. The molecule has 4 rings (SSSR count). The van der Waals surface area contributed by atoms with Gasteiger partial charge in [0.25, 0.3) is 5.91 Å². The van der Waals surface area contributed by atoms with Crippen LogP contribution in [0.2, 0.25) is 0 Å². The number of amides is 2. The first-order valence-corrected chi connectivity index (χ1v) is 8.91. The number of hydrogen-bond donors (Lipinski definition) is 0. The minimum atomic E-state index is -0.572. The first kappa shape index (κ1) is 15.2. The van der Waals surface area contributed by atoms with Gasteiger partial charge in [0.1, 0.15) is 12.3 Å². The SMILES string of the molecule is C[C@H]1Oc2ccccc2N(CC(=O)N2CCc3sccc3C2)C1=O. The molecule has 2 amide bonds. The maximum absolute atomic E-state index is 12.8. The van der Waals surface area contributed by atoms with E-state index in [1.807, 2.05) is 29.2 Å². The number of anilines is 1. The van der Waals surface area contributed by atoms with Gasteiger partial charge in [-0.3, -0.25) is 14.5 Å². The Morgan fingerprint density at radius 1 is 1.33 bits per heavy atom. The first-order valence-electron chi connectivity index (χ1n) is 8.03. The summed E-state index contributed by atoms with van der Waals surface area (Å²) in [7, 11) is 0. The maximum Gasteiger partial charge on any atom is 0.268 e. The molecule has 124 valence electrons. The van der Waals surface area contributed by atoms with E-state index in [1.54, 1.807) is 23.2 Å². The molecule has 24 heavy (non-hydrogen) atoms. The molecule has 2 aliphatic rings. The van der Waals surface area contributed by atoms with Crippen LogP contribution in [0.5, 0.6) is 5.75 Å². The van der Waals surface area contributed by atoms with Crippen LogP contribution in [0, 0.1) is 0 Å². The van der Waals surface area contributed by atoms with E-state index in [0.29, 0.717) is 24.5 Å². The summed E-state index contributed by atoms with van der Waals surface area (Å²) in [4.78, 5) is 30.0. The van der Waals surface area contributed by atoms with E-state index in [2.05, 4.69) is 11.4 Å². The molecule has 3 heterocycles. The molecular formula is C18H18N2O3S. The maximum atomic E-state index is 12.8. The van der Waals surface area contributed by atoms with Crippen LogP contribution in [0.25, 0.3) is 0 Å². The summed E-state index contributed by atoms with van der Waals surface area (Å²) in [6, 6.07) is 9.44. The predicted molar refractivity (Wildman–Crippen MR) is 92.3 cm³/mol. The van der Waals surface area contributed by atoms with Gasteiger partial charge < -0.3 is 9.64 Å². The van der Waals surface area contributed by atoms with Crippen LogP contribution in [0.1, 0.15) is 17.4 Å². The minimum absolute atomic E-state index is 0.0240. The molecule has 0 bridgehead atoms. The Balaban J connectivity index is 1.54. The Morgan fingerprint density at radius 2 is 2.17 bits per heavy atom. The van der Waals surface area contributed by atoms with E-state index in [1.165, 1.54) is 10.4 Å². The van der Waals surface area contributed by atoms with Crippen molar-refractivity contribution in [2.75, 3.05) is 18.0 Å². The monoisotopic (exact) mass is 342 g/mol. The van der Waals surface area contributed by atoms with Gasteiger partial charge in [0.15, 0.2) is 6.10 Å². The van der Waals surface area contributed by atoms with Crippen molar-refractivity contribution in [1.82, 2.24) is 4.90 Å². The van der Waals surface area contributed by atoms with Crippen molar-refractivity contribution in [1.29, 1.82) is 0 Å². The van der Waals surface area contributed by atoms with Gasteiger partial charge in [-0.15, -0.1) is 11.3 Å². The number of rotatable bonds is 2. The Kier molecular flexibility index (Phi) is 3.76. The van der Waals surface area contributed by atoms with E-state index in [9.17, 15) is 9.59 Å². The predicted octanol–water partition coefficient (Wildman–Crippen LogP) is 2.45. The van der Waals surface area contributed by atoms with Crippen molar-refractivity contribution in [3.63, 3.8) is 0 Å². The standard InChI is InChI=1S/C18H18N2O3S/c1-12-18(22)20(14-4-2-3-5-15(14)23-12)11-17(21)19-8-6-16-13(10-19)7-9-24-16/h2-5,7,9,12H,6,8,10-11H2,1H3/t12-/m1/s1. The molecule has 0 fully saturated rings. The minimum Gasteiger partial charge on any atom is -0.479 e. The Hall–Kier alpha value is -2.34. The largest absolute Gasteiger partial charge is 0.479 e. The van der Waals surface area contributed by atoms with E-state index in [0.717, 1.165) is 6.42 Å². The molecule has 0 spiro atoms. The number of para-hydroxylation sites is 2. The number of thiophene rings is 1. The summed E-state index contributed by atoms with van der Waals surface area (Å²) in [6.45, 7) is 3.12. The highest BCUT2D eigenvalue weighted by atomic mass is 32.1. The van der Waals surface area contributed by atoms with Crippen LogP contribution in [0.3, 0.4) is 0 Å². The molecule has 1 aromatic carbocycles. The second-order valence-corrected chi connectivity index (χ2v) is 7.09. The lowest BCUT2D eigenvalue weighted by atomic mass is 10.1. The zero-order chi connectivity index (χ0) is 16.7. The fourth-order valence-corrected chi connectivity index (χ4v) is 4.11. The van der Waals surface area contributed by atoms with Gasteiger partial charge in [0.2, 0.25) is 5.91 Å². The molecule has 0 saturated carbocycles. The van der Waals surface area contributed by atoms with Gasteiger partial charge in [-0.2, -0.15) is 0 Å². The highest BCUT2D eigenvalue weighted by molar-refractivity contribution is 7.10. The van der Waals surface area contributed by atoms with Gasteiger partial charge in [0, 0.05) is 18.0 Å². The summed E-state index contributed by atoms with van der Waals surface area (Å²) in [5.74, 6) is 0.454. The summed E-state index contributed by atoms with van der Waals surface area (Å²) < 4.78 is 5.62. The lowest BCUT2D eigenvalue weighted by molar-refractivity contribution is -0.133. The highest BCUT2D eigenvalue weighted by Gasteiger charge is 2.34. The van der Waals surface area contributed by atoms with E-state index < -0.39 is 6.10 Å². The quantitative estimate of drug-likeness (QED) is 0.842. The number of hydrogen-bond acceptors (Lipinski definition) is 4. The fourth-order valence-electron chi connectivity index (χ4n) is 3.22. The molecular weight excluding hydrogens is 324 g/mol. The van der Waals surface area contributed by atoms with E-state index in [-0.39, 0.29) is 18.4 Å². The number of fused-ring (bicyclic) bond motifs is 2. The Morgan fingerprint density at radius 3 is 3.04 bits per heavy atom. The molecule has 5 nitrogen and oxygen atoms in total. The Labute approximate surface area is 144 Å². The smallest absolute Gasteiger partial charge is 0.268 e. The summed E-state index contributed by atoms with van der Waals surface area (Å²) in [6.07, 6.45) is 0.320. The van der Waals surface area contributed by atoms with Crippen molar-refractivity contribution in [3.8, 4) is 5.75 Å². The third-order valence-electron chi connectivity index (χ3n) is 4.53. The molecule has 0 aliphatic carbocycles. The van der Waals surface area contributed by atoms with E-state index in [4.69, 9.17) is 4.74 Å². The van der Waals surface area contributed by atoms with Crippen LogP contribution in [-0.4, -0.2) is 35.9 Å². The third-order valence-corrected chi connectivity index (χ3v) is 5.55.